The monoisotopic (exact) mass is 264 g/mol. The quantitative estimate of drug-likeness (QED) is 0.837. The van der Waals surface area contributed by atoms with Crippen LogP contribution in [-0.4, -0.2) is 36.6 Å². The number of nitrogens with zero attached hydrogens (tertiary/aromatic N) is 1. The second-order valence-corrected chi connectivity index (χ2v) is 7.49. The lowest BCUT2D eigenvalue weighted by molar-refractivity contribution is 0.106. The molecule has 2 unspecified atom stereocenters. The molecule has 3 rings (SSSR count). The van der Waals surface area contributed by atoms with Gasteiger partial charge in [-0.3, -0.25) is 4.90 Å². The molecule has 2 atom stereocenters. The Morgan fingerprint density at radius 1 is 0.947 bits per heavy atom. The Morgan fingerprint density at radius 2 is 1.58 bits per heavy atom. The second kappa shape index (κ2) is 6.13. The molecule has 2 nitrogen and oxygen atoms in total. The molecule has 2 bridgehead atoms. The van der Waals surface area contributed by atoms with Gasteiger partial charge < -0.3 is 5.32 Å². The first kappa shape index (κ1) is 13.9. The lowest BCUT2D eigenvalue weighted by atomic mass is 9.81. The van der Waals surface area contributed by atoms with Crippen molar-refractivity contribution in [1.82, 2.24) is 10.2 Å². The summed E-state index contributed by atoms with van der Waals surface area (Å²) in [6.45, 7) is 3.82. The highest BCUT2D eigenvalue weighted by Crippen LogP contribution is 2.37. The minimum Gasteiger partial charge on any atom is -0.317 e. The highest BCUT2D eigenvalue weighted by Gasteiger charge is 2.39. The number of nitrogens with one attached hydrogen (secondary N) is 1. The van der Waals surface area contributed by atoms with Gasteiger partial charge in [-0.05, 0) is 57.5 Å². The lowest BCUT2D eigenvalue weighted by Gasteiger charge is -2.40. The lowest BCUT2D eigenvalue weighted by Crippen LogP contribution is -2.48. The molecule has 0 spiro atoms. The average molecular weight is 264 g/mol. The third-order valence-electron chi connectivity index (χ3n) is 6.22. The largest absolute Gasteiger partial charge is 0.317 e. The Kier molecular flexibility index (Phi) is 4.48. The number of fused-ring (bicyclic) bond motifs is 2. The van der Waals surface area contributed by atoms with E-state index in [9.17, 15) is 0 Å². The van der Waals surface area contributed by atoms with E-state index in [1.807, 2.05) is 0 Å². The summed E-state index contributed by atoms with van der Waals surface area (Å²) in [5.74, 6) is 2.04. The number of piperidine rings is 1. The zero-order valence-corrected chi connectivity index (χ0v) is 12.9. The normalized spacial score (nSPS) is 43.6. The highest BCUT2D eigenvalue weighted by atomic mass is 15.2. The van der Waals surface area contributed by atoms with Crippen molar-refractivity contribution in [1.29, 1.82) is 0 Å². The van der Waals surface area contributed by atoms with E-state index in [0.29, 0.717) is 0 Å². The maximum atomic E-state index is 3.51. The molecule has 2 heterocycles. The van der Waals surface area contributed by atoms with E-state index in [1.165, 1.54) is 64.3 Å². The predicted octanol–water partition coefficient (Wildman–Crippen LogP) is 3.42. The Morgan fingerprint density at radius 3 is 2.16 bits per heavy atom. The van der Waals surface area contributed by atoms with Gasteiger partial charge in [-0.1, -0.05) is 32.6 Å². The average Bonchev–Trinajstić information content (AvgIpc) is 2.67. The zero-order chi connectivity index (χ0) is 13.2. The molecule has 19 heavy (non-hydrogen) atoms. The maximum absolute atomic E-state index is 3.51. The summed E-state index contributed by atoms with van der Waals surface area (Å²) in [4.78, 5) is 2.88. The van der Waals surface area contributed by atoms with Crippen molar-refractivity contribution in [3.63, 3.8) is 0 Å². The van der Waals surface area contributed by atoms with Crippen molar-refractivity contribution in [2.75, 3.05) is 13.6 Å². The van der Waals surface area contributed by atoms with E-state index in [2.05, 4.69) is 24.2 Å². The van der Waals surface area contributed by atoms with Crippen molar-refractivity contribution in [2.45, 2.75) is 82.8 Å². The standard InChI is InChI=1S/C17H32N2/c1-13-3-5-14(6-4-13)9-10-19-16-7-8-17(19)12-15(11-16)18-2/h13-18H,3-12H2,1-2H3. The minimum absolute atomic E-state index is 0.796. The molecule has 3 fully saturated rings. The molecule has 2 aliphatic heterocycles. The van der Waals surface area contributed by atoms with Crippen LogP contribution in [0, 0.1) is 11.8 Å². The first-order valence-electron chi connectivity index (χ1n) is 8.69. The molecule has 1 N–H and O–H groups in total. The fourth-order valence-electron chi connectivity index (χ4n) is 4.82. The molecular formula is C17H32N2. The molecule has 2 saturated heterocycles. The van der Waals surface area contributed by atoms with Crippen molar-refractivity contribution in [3.8, 4) is 0 Å². The summed E-state index contributed by atoms with van der Waals surface area (Å²) in [6, 6.07) is 2.60. The highest BCUT2D eigenvalue weighted by molar-refractivity contribution is 4.97. The van der Waals surface area contributed by atoms with Crippen molar-refractivity contribution in [3.05, 3.63) is 0 Å². The Labute approximate surface area is 119 Å². The van der Waals surface area contributed by atoms with E-state index in [-0.39, 0.29) is 0 Å². The molecule has 110 valence electrons. The summed E-state index contributed by atoms with van der Waals surface area (Å²) in [5.41, 5.74) is 0. The van der Waals surface area contributed by atoms with Crippen LogP contribution in [0.1, 0.15) is 64.7 Å². The van der Waals surface area contributed by atoms with Crippen LogP contribution in [0.3, 0.4) is 0 Å². The van der Waals surface area contributed by atoms with Gasteiger partial charge in [-0.25, -0.2) is 0 Å². The smallest absolute Gasteiger partial charge is 0.0114 e. The first-order chi connectivity index (χ1) is 9.26. The van der Waals surface area contributed by atoms with Crippen LogP contribution in [0.4, 0.5) is 0 Å². The molecular weight excluding hydrogens is 232 g/mol. The Balaban J connectivity index is 1.46. The number of rotatable bonds is 4. The van der Waals surface area contributed by atoms with Crippen LogP contribution < -0.4 is 5.32 Å². The van der Waals surface area contributed by atoms with Crippen LogP contribution in [0.15, 0.2) is 0 Å². The summed E-state index contributed by atoms with van der Waals surface area (Å²) in [5, 5.41) is 3.51. The van der Waals surface area contributed by atoms with Gasteiger partial charge in [0.15, 0.2) is 0 Å². The van der Waals surface area contributed by atoms with Crippen molar-refractivity contribution < 1.29 is 0 Å². The van der Waals surface area contributed by atoms with Gasteiger partial charge in [0.05, 0.1) is 0 Å². The molecule has 0 amide bonds. The van der Waals surface area contributed by atoms with Gasteiger partial charge >= 0.3 is 0 Å². The van der Waals surface area contributed by atoms with E-state index >= 15 is 0 Å². The minimum atomic E-state index is 0.796. The Hall–Kier alpha value is -0.0800. The fourth-order valence-corrected chi connectivity index (χ4v) is 4.82. The second-order valence-electron chi connectivity index (χ2n) is 7.49. The summed E-state index contributed by atoms with van der Waals surface area (Å²) in [6.07, 6.45) is 13.2. The van der Waals surface area contributed by atoms with E-state index in [0.717, 1.165) is 30.0 Å². The number of hydrogen-bond donors (Lipinski definition) is 1. The van der Waals surface area contributed by atoms with Gasteiger partial charge in [0.25, 0.3) is 0 Å². The van der Waals surface area contributed by atoms with Gasteiger partial charge in [0.2, 0.25) is 0 Å². The van der Waals surface area contributed by atoms with Crippen LogP contribution in [0.5, 0.6) is 0 Å². The van der Waals surface area contributed by atoms with Gasteiger partial charge in [-0.2, -0.15) is 0 Å². The van der Waals surface area contributed by atoms with Crippen LogP contribution in [0.2, 0.25) is 0 Å². The van der Waals surface area contributed by atoms with Gasteiger partial charge in [0.1, 0.15) is 0 Å². The predicted molar refractivity (Wildman–Crippen MR) is 81.3 cm³/mol. The third-order valence-corrected chi connectivity index (χ3v) is 6.22. The summed E-state index contributed by atoms with van der Waals surface area (Å²) < 4.78 is 0. The maximum Gasteiger partial charge on any atom is 0.0114 e. The van der Waals surface area contributed by atoms with Crippen LogP contribution >= 0.6 is 0 Å². The molecule has 1 saturated carbocycles. The zero-order valence-electron chi connectivity index (χ0n) is 12.9. The van der Waals surface area contributed by atoms with Gasteiger partial charge in [0, 0.05) is 18.1 Å². The van der Waals surface area contributed by atoms with Crippen molar-refractivity contribution in [2.24, 2.45) is 11.8 Å². The molecule has 0 aromatic carbocycles. The van der Waals surface area contributed by atoms with Crippen molar-refractivity contribution >= 4 is 0 Å². The van der Waals surface area contributed by atoms with E-state index < -0.39 is 0 Å². The molecule has 3 aliphatic rings. The molecule has 1 aliphatic carbocycles. The van der Waals surface area contributed by atoms with E-state index in [1.54, 1.807) is 0 Å². The molecule has 2 heteroatoms. The fraction of sp³-hybridized carbons (Fsp3) is 1.00. The van der Waals surface area contributed by atoms with E-state index in [4.69, 9.17) is 0 Å². The topological polar surface area (TPSA) is 15.3 Å². The molecule has 0 aromatic heterocycles. The molecule has 0 aromatic rings. The van der Waals surface area contributed by atoms with Gasteiger partial charge in [-0.15, -0.1) is 0 Å². The summed E-state index contributed by atoms with van der Waals surface area (Å²) in [7, 11) is 2.14. The summed E-state index contributed by atoms with van der Waals surface area (Å²) >= 11 is 0. The number of hydrogen-bond acceptors (Lipinski definition) is 2. The van der Waals surface area contributed by atoms with Crippen LogP contribution in [-0.2, 0) is 0 Å². The SMILES string of the molecule is CNC1CC2CCC(C1)N2CCC1CCC(C)CC1. The third kappa shape index (κ3) is 3.16. The first-order valence-corrected chi connectivity index (χ1v) is 8.69. The van der Waals surface area contributed by atoms with Crippen LogP contribution in [0.25, 0.3) is 0 Å². The molecule has 0 radical (unpaired) electrons. The Bertz CT molecular complexity index is 269.